The summed E-state index contributed by atoms with van der Waals surface area (Å²) in [4.78, 5) is 10.6. The third-order valence-electron chi connectivity index (χ3n) is 4.04. The number of rotatable bonds is 5. The van der Waals surface area contributed by atoms with Gasteiger partial charge in [0.15, 0.2) is 5.13 Å². The average molecular weight is 283 g/mol. The molecular formula is C14H25N3OS. The fourth-order valence-electron chi connectivity index (χ4n) is 2.52. The van der Waals surface area contributed by atoms with Gasteiger partial charge in [0.05, 0.1) is 17.2 Å². The van der Waals surface area contributed by atoms with Crippen molar-refractivity contribution < 1.29 is 5.11 Å². The van der Waals surface area contributed by atoms with Gasteiger partial charge in [-0.1, -0.05) is 25.2 Å². The Morgan fingerprint density at radius 3 is 2.42 bits per heavy atom. The van der Waals surface area contributed by atoms with E-state index in [9.17, 15) is 5.11 Å². The number of hydrogen-bond donors (Lipinski definition) is 1. The predicted octanol–water partition coefficient (Wildman–Crippen LogP) is 2.12. The Bertz CT molecular complexity index is 378. The molecule has 0 aromatic carbocycles. The molecule has 19 heavy (non-hydrogen) atoms. The van der Waals surface area contributed by atoms with Gasteiger partial charge in [-0.15, -0.1) is 0 Å². The number of thiazole rings is 1. The van der Waals surface area contributed by atoms with Crippen LogP contribution in [-0.2, 0) is 13.0 Å². The monoisotopic (exact) mass is 283 g/mol. The molecule has 108 valence electrons. The standard InChI is InChI=1S/C14H25N3OS/c1-4-11(3)16-6-8-17(9-7-16)14-15-12(5-2)13(10-18)19-14/h11,18H,4-10H2,1-3H3. The second-order valence-corrected chi connectivity index (χ2v) is 6.22. The van der Waals surface area contributed by atoms with E-state index in [0.717, 1.165) is 48.3 Å². The summed E-state index contributed by atoms with van der Waals surface area (Å²) in [6, 6.07) is 0.678. The highest BCUT2D eigenvalue weighted by Gasteiger charge is 2.22. The normalized spacial score (nSPS) is 18.8. The predicted molar refractivity (Wildman–Crippen MR) is 81.0 cm³/mol. The molecule has 0 spiro atoms. The number of piperazine rings is 1. The highest BCUT2D eigenvalue weighted by Crippen LogP contribution is 2.28. The zero-order valence-corrected chi connectivity index (χ0v) is 13.0. The second-order valence-electron chi connectivity index (χ2n) is 5.16. The van der Waals surface area contributed by atoms with Gasteiger partial charge in [0.1, 0.15) is 0 Å². The number of aromatic nitrogens is 1. The van der Waals surface area contributed by atoms with Gasteiger partial charge >= 0.3 is 0 Å². The molecule has 1 unspecified atom stereocenters. The number of aliphatic hydroxyl groups excluding tert-OH is 1. The van der Waals surface area contributed by atoms with E-state index in [1.807, 2.05) is 0 Å². The first-order valence-electron chi connectivity index (χ1n) is 7.28. The number of aliphatic hydroxyl groups is 1. The molecule has 1 aliphatic heterocycles. The summed E-state index contributed by atoms with van der Waals surface area (Å²) in [5.74, 6) is 0. The molecule has 1 N–H and O–H groups in total. The average Bonchev–Trinajstić information content (AvgIpc) is 2.89. The molecule has 1 atom stereocenters. The molecule has 1 saturated heterocycles. The summed E-state index contributed by atoms with van der Waals surface area (Å²) in [6.07, 6.45) is 2.12. The minimum Gasteiger partial charge on any atom is -0.391 e. The van der Waals surface area contributed by atoms with Gasteiger partial charge in [-0.3, -0.25) is 4.90 Å². The summed E-state index contributed by atoms with van der Waals surface area (Å²) in [5, 5.41) is 10.4. The quantitative estimate of drug-likeness (QED) is 0.898. The molecular weight excluding hydrogens is 258 g/mol. The summed E-state index contributed by atoms with van der Waals surface area (Å²) in [6.45, 7) is 11.1. The fourth-order valence-corrected chi connectivity index (χ4v) is 3.58. The molecule has 2 rings (SSSR count). The van der Waals surface area contributed by atoms with Crippen molar-refractivity contribution in [3.63, 3.8) is 0 Å². The maximum atomic E-state index is 9.35. The van der Waals surface area contributed by atoms with E-state index in [1.54, 1.807) is 11.3 Å². The second kappa shape index (κ2) is 6.68. The molecule has 0 saturated carbocycles. The molecule has 4 nitrogen and oxygen atoms in total. The lowest BCUT2D eigenvalue weighted by molar-refractivity contribution is 0.193. The van der Waals surface area contributed by atoms with Crippen molar-refractivity contribution in [3.8, 4) is 0 Å². The van der Waals surface area contributed by atoms with Crippen LogP contribution in [0.4, 0.5) is 5.13 Å². The minimum absolute atomic E-state index is 0.119. The van der Waals surface area contributed by atoms with Gasteiger partial charge in [-0.2, -0.15) is 0 Å². The van der Waals surface area contributed by atoms with Crippen LogP contribution in [0.25, 0.3) is 0 Å². The third kappa shape index (κ3) is 3.27. The molecule has 0 bridgehead atoms. The zero-order chi connectivity index (χ0) is 13.8. The Hall–Kier alpha value is -0.650. The van der Waals surface area contributed by atoms with Gasteiger partial charge in [0, 0.05) is 32.2 Å². The Morgan fingerprint density at radius 1 is 1.26 bits per heavy atom. The van der Waals surface area contributed by atoms with Gasteiger partial charge < -0.3 is 10.0 Å². The third-order valence-corrected chi connectivity index (χ3v) is 5.19. The Balaban J connectivity index is 1.99. The first-order chi connectivity index (χ1) is 9.19. The molecule has 1 fully saturated rings. The number of aryl methyl sites for hydroxylation is 1. The number of hydrogen-bond acceptors (Lipinski definition) is 5. The SMILES string of the molecule is CCc1nc(N2CCN(C(C)CC)CC2)sc1CO. The van der Waals surface area contributed by atoms with Crippen molar-refractivity contribution in [2.45, 2.75) is 46.3 Å². The van der Waals surface area contributed by atoms with E-state index in [0.29, 0.717) is 6.04 Å². The van der Waals surface area contributed by atoms with Gasteiger partial charge in [0.25, 0.3) is 0 Å². The summed E-state index contributed by atoms with van der Waals surface area (Å²) >= 11 is 1.65. The first kappa shape index (κ1) is 14.8. The lowest BCUT2D eigenvalue weighted by Crippen LogP contribution is -2.49. The number of anilines is 1. The van der Waals surface area contributed by atoms with E-state index < -0.39 is 0 Å². The Kier molecular flexibility index (Phi) is 5.19. The van der Waals surface area contributed by atoms with Crippen LogP contribution in [0.3, 0.4) is 0 Å². The van der Waals surface area contributed by atoms with Crippen LogP contribution in [0, 0.1) is 0 Å². The van der Waals surface area contributed by atoms with Crippen LogP contribution in [0.5, 0.6) is 0 Å². The summed E-state index contributed by atoms with van der Waals surface area (Å²) in [7, 11) is 0. The van der Waals surface area contributed by atoms with Crippen LogP contribution in [0.2, 0.25) is 0 Å². The first-order valence-corrected chi connectivity index (χ1v) is 8.09. The van der Waals surface area contributed by atoms with Crippen LogP contribution >= 0.6 is 11.3 Å². The van der Waals surface area contributed by atoms with E-state index in [4.69, 9.17) is 0 Å². The number of nitrogens with zero attached hydrogens (tertiary/aromatic N) is 3. The smallest absolute Gasteiger partial charge is 0.185 e. The van der Waals surface area contributed by atoms with Crippen molar-refractivity contribution in [2.75, 3.05) is 31.1 Å². The van der Waals surface area contributed by atoms with E-state index in [1.165, 1.54) is 6.42 Å². The van der Waals surface area contributed by atoms with Gasteiger partial charge in [-0.25, -0.2) is 4.98 Å². The molecule has 2 heterocycles. The van der Waals surface area contributed by atoms with E-state index in [-0.39, 0.29) is 6.61 Å². The van der Waals surface area contributed by atoms with Gasteiger partial charge in [-0.05, 0) is 19.8 Å². The topological polar surface area (TPSA) is 39.6 Å². The molecule has 0 aliphatic carbocycles. The largest absolute Gasteiger partial charge is 0.391 e. The van der Waals surface area contributed by atoms with Crippen molar-refractivity contribution >= 4 is 16.5 Å². The van der Waals surface area contributed by atoms with Crippen molar-refractivity contribution in [1.29, 1.82) is 0 Å². The maximum Gasteiger partial charge on any atom is 0.185 e. The summed E-state index contributed by atoms with van der Waals surface area (Å²) < 4.78 is 0. The minimum atomic E-state index is 0.119. The van der Waals surface area contributed by atoms with Crippen molar-refractivity contribution in [1.82, 2.24) is 9.88 Å². The van der Waals surface area contributed by atoms with E-state index >= 15 is 0 Å². The highest BCUT2D eigenvalue weighted by atomic mass is 32.1. The van der Waals surface area contributed by atoms with Crippen LogP contribution < -0.4 is 4.90 Å². The molecule has 1 aromatic heterocycles. The molecule has 1 aromatic rings. The van der Waals surface area contributed by atoms with Crippen molar-refractivity contribution in [2.24, 2.45) is 0 Å². The Morgan fingerprint density at radius 2 is 1.95 bits per heavy atom. The lowest BCUT2D eigenvalue weighted by atomic mass is 10.2. The Labute approximate surface area is 120 Å². The van der Waals surface area contributed by atoms with Crippen LogP contribution in [0.1, 0.15) is 37.8 Å². The van der Waals surface area contributed by atoms with Crippen molar-refractivity contribution in [3.05, 3.63) is 10.6 Å². The van der Waals surface area contributed by atoms with Crippen LogP contribution in [0.15, 0.2) is 0 Å². The highest BCUT2D eigenvalue weighted by molar-refractivity contribution is 7.15. The molecule has 0 amide bonds. The zero-order valence-electron chi connectivity index (χ0n) is 12.2. The van der Waals surface area contributed by atoms with Gasteiger partial charge in [0.2, 0.25) is 0 Å². The van der Waals surface area contributed by atoms with Crippen LogP contribution in [-0.4, -0.2) is 47.2 Å². The molecule has 1 aliphatic rings. The maximum absolute atomic E-state index is 9.35. The summed E-state index contributed by atoms with van der Waals surface area (Å²) in [5.41, 5.74) is 1.06. The fraction of sp³-hybridized carbons (Fsp3) is 0.786. The lowest BCUT2D eigenvalue weighted by Gasteiger charge is -2.37. The molecule has 5 heteroatoms. The van der Waals surface area contributed by atoms with E-state index in [2.05, 4.69) is 35.6 Å². The molecule has 0 radical (unpaired) electrons.